The molecule has 90 valence electrons. The van der Waals surface area contributed by atoms with Crippen LogP contribution >= 0.6 is 0 Å². The molecule has 1 aromatic rings. The quantitative estimate of drug-likeness (QED) is 0.854. The van der Waals surface area contributed by atoms with Gasteiger partial charge in [0, 0.05) is 11.0 Å². The molecule has 1 aliphatic rings. The first-order valence-corrected chi connectivity index (χ1v) is 6.96. The molecule has 5 heteroatoms. The van der Waals surface area contributed by atoms with Gasteiger partial charge < -0.3 is 5.32 Å². The second kappa shape index (κ2) is 4.33. The fourth-order valence-corrected chi connectivity index (χ4v) is 2.94. The van der Waals surface area contributed by atoms with Crippen molar-refractivity contribution in [3.05, 3.63) is 46.9 Å². The summed E-state index contributed by atoms with van der Waals surface area (Å²) < 4.78 is 22.3. The molecule has 0 unspecified atom stereocenters. The minimum Gasteiger partial charge on any atom is -0.345 e. The zero-order chi connectivity index (χ0) is 12.5. The van der Waals surface area contributed by atoms with Gasteiger partial charge in [-0.05, 0) is 25.1 Å². The van der Waals surface area contributed by atoms with Crippen molar-refractivity contribution in [3.63, 3.8) is 0 Å². The van der Waals surface area contributed by atoms with E-state index < -0.39 is 15.9 Å². The van der Waals surface area contributed by atoms with Crippen molar-refractivity contribution in [2.75, 3.05) is 5.75 Å². The van der Waals surface area contributed by atoms with Crippen molar-refractivity contribution in [1.82, 2.24) is 5.32 Å². The molecule has 0 aromatic heterocycles. The summed E-state index contributed by atoms with van der Waals surface area (Å²) in [7, 11) is -3.13. The van der Waals surface area contributed by atoms with E-state index in [1.54, 1.807) is 18.2 Å². The highest BCUT2D eigenvalue weighted by Crippen LogP contribution is 2.09. The summed E-state index contributed by atoms with van der Waals surface area (Å²) in [5, 5.41) is 3.82. The Morgan fingerprint density at radius 3 is 2.76 bits per heavy atom. The standard InChI is InChI=1S/C12H13NO3S/c1-9-3-2-4-10(7-9)12(14)13-11-5-6-17(15,16)8-11/h2-7,11H,8H2,1H3,(H,13,14)/t11-/m0/s1. The molecule has 1 atom stereocenters. The number of carbonyl (C=O) groups is 1. The molecule has 4 nitrogen and oxygen atoms in total. The van der Waals surface area contributed by atoms with E-state index >= 15 is 0 Å². The average molecular weight is 251 g/mol. The van der Waals surface area contributed by atoms with E-state index in [0.717, 1.165) is 11.0 Å². The zero-order valence-electron chi connectivity index (χ0n) is 9.38. The van der Waals surface area contributed by atoms with E-state index in [0.29, 0.717) is 5.56 Å². The molecule has 1 amide bonds. The van der Waals surface area contributed by atoms with Gasteiger partial charge >= 0.3 is 0 Å². The van der Waals surface area contributed by atoms with E-state index in [1.165, 1.54) is 6.08 Å². The second-order valence-electron chi connectivity index (χ2n) is 4.11. The Bertz CT molecular complexity index is 575. The van der Waals surface area contributed by atoms with E-state index in [9.17, 15) is 13.2 Å². The molecular formula is C12H13NO3S. The number of carbonyl (C=O) groups excluding carboxylic acids is 1. The topological polar surface area (TPSA) is 63.2 Å². The van der Waals surface area contributed by atoms with Gasteiger partial charge in [0.1, 0.15) is 0 Å². The third-order valence-corrected chi connectivity index (χ3v) is 3.92. The van der Waals surface area contributed by atoms with Crippen LogP contribution < -0.4 is 5.32 Å². The number of hydrogen-bond acceptors (Lipinski definition) is 3. The van der Waals surface area contributed by atoms with Crippen LogP contribution in [0, 0.1) is 6.92 Å². The third kappa shape index (κ3) is 2.94. The molecule has 0 radical (unpaired) electrons. The van der Waals surface area contributed by atoms with E-state index in [4.69, 9.17) is 0 Å². The summed E-state index contributed by atoms with van der Waals surface area (Å²) in [6.45, 7) is 1.90. The Balaban J connectivity index is 2.06. The second-order valence-corrected chi connectivity index (χ2v) is 6.04. The highest BCUT2D eigenvalue weighted by molar-refractivity contribution is 7.94. The molecule has 2 rings (SSSR count). The van der Waals surface area contributed by atoms with Crippen LogP contribution in [-0.4, -0.2) is 26.1 Å². The highest BCUT2D eigenvalue weighted by atomic mass is 32.2. The fourth-order valence-electron chi connectivity index (χ4n) is 1.70. The fraction of sp³-hybridized carbons (Fsp3) is 0.250. The Morgan fingerprint density at radius 1 is 1.41 bits per heavy atom. The monoisotopic (exact) mass is 251 g/mol. The number of rotatable bonds is 2. The lowest BCUT2D eigenvalue weighted by Gasteiger charge is -2.10. The first kappa shape index (κ1) is 11.9. The molecule has 1 aromatic carbocycles. The predicted octanol–water partition coefficient (Wildman–Crippen LogP) is 1.04. The molecule has 1 N–H and O–H groups in total. The predicted molar refractivity (Wildman–Crippen MR) is 65.4 cm³/mol. The summed E-state index contributed by atoms with van der Waals surface area (Å²) in [5.41, 5.74) is 1.54. The largest absolute Gasteiger partial charge is 0.345 e. The van der Waals surface area contributed by atoms with Crippen molar-refractivity contribution in [2.24, 2.45) is 0 Å². The molecular weight excluding hydrogens is 238 g/mol. The van der Waals surface area contributed by atoms with Crippen LogP contribution in [0.4, 0.5) is 0 Å². The van der Waals surface area contributed by atoms with Gasteiger partial charge in [-0.2, -0.15) is 0 Å². The molecule has 1 aliphatic heterocycles. The van der Waals surface area contributed by atoms with Gasteiger partial charge in [-0.15, -0.1) is 0 Å². The molecule has 1 heterocycles. The van der Waals surface area contributed by atoms with Crippen LogP contribution in [0.15, 0.2) is 35.7 Å². The lowest BCUT2D eigenvalue weighted by atomic mass is 10.1. The number of aryl methyl sites for hydroxylation is 1. The average Bonchev–Trinajstić information content (AvgIpc) is 2.58. The third-order valence-electron chi connectivity index (χ3n) is 2.53. The highest BCUT2D eigenvalue weighted by Gasteiger charge is 2.23. The van der Waals surface area contributed by atoms with Gasteiger partial charge in [0.05, 0.1) is 11.8 Å². The van der Waals surface area contributed by atoms with Gasteiger partial charge in [-0.3, -0.25) is 4.79 Å². The first-order valence-electron chi connectivity index (χ1n) is 5.25. The van der Waals surface area contributed by atoms with E-state index in [1.807, 2.05) is 13.0 Å². The van der Waals surface area contributed by atoms with Crippen molar-refractivity contribution in [3.8, 4) is 0 Å². The number of hydrogen-bond donors (Lipinski definition) is 1. The SMILES string of the molecule is Cc1cccc(C(=O)N[C@H]2C=CS(=O)(=O)C2)c1. The molecule has 0 spiro atoms. The maximum atomic E-state index is 11.8. The van der Waals surface area contributed by atoms with Crippen molar-refractivity contribution < 1.29 is 13.2 Å². The van der Waals surface area contributed by atoms with Crippen LogP contribution in [0.5, 0.6) is 0 Å². The Hall–Kier alpha value is -1.62. The number of nitrogens with one attached hydrogen (secondary N) is 1. The van der Waals surface area contributed by atoms with Crippen molar-refractivity contribution in [2.45, 2.75) is 13.0 Å². The van der Waals surface area contributed by atoms with Gasteiger partial charge in [0.25, 0.3) is 5.91 Å². The summed E-state index contributed by atoms with van der Waals surface area (Å²) in [6, 6.07) is 6.74. The zero-order valence-corrected chi connectivity index (χ0v) is 10.2. The Labute approximate surface area is 100 Å². The summed E-state index contributed by atoms with van der Waals surface area (Å²) in [4.78, 5) is 11.8. The Morgan fingerprint density at radius 2 is 2.18 bits per heavy atom. The van der Waals surface area contributed by atoms with Gasteiger partial charge in [0.15, 0.2) is 9.84 Å². The van der Waals surface area contributed by atoms with Crippen LogP contribution in [-0.2, 0) is 9.84 Å². The molecule has 0 fully saturated rings. The number of amides is 1. The van der Waals surface area contributed by atoms with E-state index in [2.05, 4.69) is 5.32 Å². The number of sulfone groups is 1. The van der Waals surface area contributed by atoms with E-state index in [-0.39, 0.29) is 11.7 Å². The van der Waals surface area contributed by atoms with Crippen molar-refractivity contribution in [1.29, 1.82) is 0 Å². The minimum atomic E-state index is -3.13. The first-order chi connectivity index (χ1) is 7.96. The molecule has 0 bridgehead atoms. The van der Waals surface area contributed by atoms with Crippen LogP contribution in [0.1, 0.15) is 15.9 Å². The minimum absolute atomic E-state index is 0.0510. The maximum absolute atomic E-state index is 11.8. The van der Waals surface area contributed by atoms with Gasteiger partial charge in [0.2, 0.25) is 0 Å². The van der Waals surface area contributed by atoms with Crippen LogP contribution in [0.25, 0.3) is 0 Å². The van der Waals surface area contributed by atoms with Crippen LogP contribution in [0.3, 0.4) is 0 Å². The molecule has 0 aliphatic carbocycles. The van der Waals surface area contributed by atoms with Crippen LogP contribution in [0.2, 0.25) is 0 Å². The smallest absolute Gasteiger partial charge is 0.251 e. The summed E-state index contributed by atoms with van der Waals surface area (Å²) in [5.74, 6) is -0.301. The lowest BCUT2D eigenvalue weighted by molar-refractivity contribution is 0.0947. The maximum Gasteiger partial charge on any atom is 0.251 e. The molecule has 0 saturated carbocycles. The summed E-state index contributed by atoms with van der Waals surface area (Å²) >= 11 is 0. The van der Waals surface area contributed by atoms with Crippen molar-refractivity contribution >= 4 is 15.7 Å². The number of benzene rings is 1. The normalized spacial score (nSPS) is 21.4. The summed E-state index contributed by atoms with van der Waals surface area (Å²) in [6.07, 6.45) is 1.50. The Kier molecular flexibility index (Phi) is 3.02. The molecule has 0 saturated heterocycles. The van der Waals surface area contributed by atoms with Gasteiger partial charge in [-0.1, -0.05) is 17.7 Å². The molecule has 17 heavy (non-hydrogen) atoms. The lowest BCUT2D eigenvalue weighted by Crippen LogP contribution is -2.35. The van der Waals surface area contributed by atoms with Gasteiger partial charge in [-0.25, -0.2) is 8.42 Å².